The van der Waals surface area contributed by atoms with Crippen molar-refractivity contribution in [3.05, 3.63) is 23.5 Å². The van der Waals surface area contributed by atoms with Gasteiger partial charge in [0.15, 0.2) is 0 Å². The maximum atomic E-state index is 12.3. The molecule has 0 saturated carbocycles. The van der Waals surface area contributed by atoms with Crippen LogP contribution in [0.25, 0.3) is 0 Å². The van der Waals surface area contributed by atoms with Crippen molar-refractivity contribution in [1.82, 2.24) is 9.88 Å². The second-order valence-corrected chi connectivity index (χ2v) is 4.99. The molecule has 104 valence electrons. The van der Waals surface area contributed by atoms with Crippen LogP contribution in [0.5, 0.6) is 0 Å². The molecule has 0 bridgehead atoms. The molecule has 5 nitrogen and oxygen atoms in total. The first-order valence-electron chi connectivity index (χ1n) is 6.63. The highest BCUT2D eigenvalue weighted by molar-refractivity contribution is 5.85. The Bertz CT molecular complexity index is 467. The van der Waals surface area contributed by atoms with Crippen LogP contribution < -0.4 is 0 Å². The number of nitrogens with zero attached hydrogens (tertiary/aromatic N) is 1. The highest BCUT2D eigenvalue weighted by Crippen LogP contribution is 2.19. The van der Waals surface area contributed by atoms with Gasteiger partial charge in [-0.05, 0) is 37.8 Å². The highest BCUT2D eigenvalue weighted by Gasteiger charge is 2.32. The predicted octanol–water partition coefficient (Wildman–Crippen LogP) is 1.42. The molecule has 1 amide bonds. The van der Waals surface area contributed by atoms with Gasteiger partial charge in [0.25, 0.3) is 0 Å². The van der Waals surface area contributed by atoms with Gasteiger partial charge in [0, 0.05) is 18.4 Å². The van der Waals surface area contributed by atoms with Gasteiger partial charge in [-0.15, -0.1) is 0 Å². The first kappa shape index (κ1) is 13.6. The van der Waals surface area contributed by atoms with Gasteiger partial charge < -0.3 is 14.6 Å². The fourth-order valence-electron chi connectivity index (χ4n) is 2.56. The van der Waals surface area contributed by atoms with Crippen molar-refractivity contribution in [2.45, 2.75) is 38.6 Å². The van der Waals surface area contributed by atoms with E-state index in [-0.39, 0.29) is 11.9 Å². The van der Waals surface area contributed by atoms with Crippen LogP contribution in [0.3, 0.4) is 0 Å². The Balaban J connectivity index is 2.05. The number of nitrogens with one attached hydrogen (secondary N) is 1. The number of piperidine rings is 1. The lowest BCUT2D eigenvalue weighted by atomic mass is 10.0. The van der Waals surface area contributed by atoms with Crippen LogP contribution in [-0.2, 0) is 20.7 Å². The number of H-pyrrole nitrogens is 1. The van der Waals surface area contributed by atoms with Crippen LogP contribution >= 0.6 is 0 Å². The Hall–Kier alpha value is -1.78. The van der Waals surface area contributed by atoms with E-state index in [1.54, 1.807) is 4.90 Å². The molecule has 2 rings (SSSR count). The molecule has 1 fully saturated rings. The summed E-state index contributed by atoms with van der Waals surface area (Å²) in [4.78, 5) is 28.8. The van der Waals surface area contributed by atoms with Gasteiger partial charge in [0.2, 0.25) is 5.91 Å². The van der Waals surface area contributed by atoms with Crippen molar-refractivity contribution in [2.75, 3.05) is 13.7 Å². The number of hydrogen-bond donors (Lipinski definition) is 1. The summed E-state index contributed by atoms with van der Waals surface area (Å²) in [6, 6.07) is 1.54. The molecule has 19 heavy (non-hydrogen) atoms. The van der Waals surface area contributed by atoms with Crippen LogP contribution in [0.1, 0.15) is 30.5 Å². The maximum Gasteiger partial charge on any atom is 0.328 e. The lowest BCUT2D eigenvalue weighted by Gasteiger charge is -2.33. The standard InChI is InChI=1S/C14H20N2O3/c1-10-7-11(9-15-10)8-13(17)16-6-4-3-5-12(16)14(18)19-2/h7,9,12,15H,3-6,8H2,1-2H3. The third-order valence-corrected chi connectivity index (χ3v) is 3.54. The zero-order valence-corrected chi connectivity index (χ0v) is 11.4. The van der Waals surface area contributed by atoms with Crippen molar-refractivity contribution < 1.29 is 14.3 Å². The summed E-state index contributed by atoms with van der Waals surface area (Å²) in [5.41, 5.74) is 1.99. The van der Waals surface area contributed by atoms with Crippen molar-refractivity contribution in [1.29, 1.82) is 0 Å². The van der Waals surface area contributed by atoms with E-state index in [0.29, 0.717) is 19.4 Å². The lowest BCUT2D eigenvalue weighted by molar-refractivity contribution is -0.154. The second kappa shape index (κ2) is 5.91. The minimum Gasteiger partial charge on any atom is -0.467 e. The van der Waals surface area contributed by atoms with E-state index in [0.717, 1.165) is 24.1 Å². The topological polar surface area (TPSA) is 62.4 Å². The number of hydrogen-bond acceptors (Lipinski definition) is 3. The molecule has 1 aromatic heterocycles. The van der Waals surface area contributed by atoms with Gasteiger partial charge in [-0.2, -0.15) is 0 Å². The first-order chi connectivity index (χ1) is 9.11. The number of ether oxygens (including phenoxy) is 1. The third-order valence-electron chi connectivity index (χ3n) is 3.54. The molecule has 1 saturated heterocycles. The van der Waals surface area contributed by atoms with E-state index in [2.05, 4.69) is 4.98 Å². The van der Waals surface area contributed by atoms with Crippen molar-refractivity contribution >= 4 is 11.9 Å². The Kier molecular flexibility index (Phi) is 4.24. The molecule has 2 heterocycles. The number of aromatic nitrogens is 1. The van der Waals surface area contributed by atoms with Gasteiger partial charge in [-0.25, -0.2) is 4.79 Å². The molecule has 0 aliphatic carbocycles. The molecule has 1 N–H and O–H groups in total. The predicted molar refractivity (Wildman–Crippen MR) is 70.6 cm³/mol. The molecule has 1 aliphatic heterocycles. The number of aryl methyl sites for hydroxylation is 1. The zero-order valence-electron chi connectivity index (χ0n) is 11.4. The largest absolute Gasteiger partial charge is 0.467 e. The zero-order chi connectivity index (χ0) is 13.8. The van der Waals surface area contributed by atoms with E-state index in [1.165, 1.54) is 7.11 Å². The summed E-state index contributed by atoms with van der Waals surface area (Å²) in [5, 5.41) is 0. The molecule has 1 aliphatic rings. The fourth-order valence-corrected chi connectivity index (χ4v) is 2.56. The van der Waals surface area contributed by atoms with Crippen molar-refractivity contribution in [2.24, 2.45) is 0 Å². The van der Waals surface area contributed by atoms with Gasteiger partial charge >= 0.3 is 5.97 Å². The third kappa shape index (κ3) is 3.16. The fraction of sp³-hybridized carbons (Fsp3) is 0.571. The van der Waals surface area contributed by atoms with E-state index < -0.39 is 6.04 Å². The van der Waals surface area contributed by atoms with Gasteiger partial charge in [0.1, 0.15) is 6.04 Å². The number of likely N-dealkylation sites (tertiary alicyclic amines) is 1. The minimum absolute atomic E-state index is 0.00546. The second-order valence-electron chi connectivity index (χ2n) is 4.99. The summed E-state index contributed by atoms with van der Waals surface area (Å²) >= 11 is 0. The van der Waals surface area contributed by atoms with Crippen LogP contribution in [0.15, 0.2) is 12.3 Å². The van der Waals surface area contributed by atoms with Gasteiger partial charge in [0.05, 0.1) is 13.5 Å². The Morgan fingerprint density at radius 1 is 1.47 bits per heavy atom. The molecule has 0 aromatic carbocycles. The molecule has 1 aromatic rings. The number of carbonyl (C=O) groups excluding carboxylic acids is 2. The van der Waals surface area contributed by atoms with Crippen molar-refractivity contribution in [3.8, 4) is 0 Å². The average Bonchev–Trinajstić information content (AvgIpc) is 2.83. The summed E-state index contributed by atoms with van der Waals surface area (Å²) in [5.74, 6) is -0.313. The van der Waals surface area contributed by atoms with Crippen LogP contribution in [0, 0.1) is 6.92 Å². The Labute approximate surface area is 112 Å². The van der Waals surface area contributed by atoms with Crippen LogP contribution in [-0.4, -0.2) is 41.5 Å². The molecular weight excluding hydrogens is 244 g/mol. The lowest BCUT2D eigenvalue weighted by Crippen LogP contribution is -2.49. The van der Waals surface area contributed by atoms with E-state index >= 15 is 0 Å². The molecule has 1 atom stereocenters. The summed E-state index contributed by atoms with van der Waals surface area (Å²) < 4.78 is 4.79. The summed E-state index contributed by atoms with van der Waals surface area (Å²) in [6.45, 7) is 2.59. The molecule has 0 radical (unpaired) electrons. The maximum absolute atomic E-state index is 12.3. The molecule has 1 unspecified atom stereocenters. The summed E-state index contributed by atoms with van der Waals surface area (Å²) in [6.07, 6.45) is 4.78. The van der Waals surface area contributed by atoms with Gasteiger partial charge in [-0.1, -0.05) is 0 Å². The number of carbonyl (C=O) groups is 2. The smallest absolute Gasteiger partial charge is 0.328 e. The first-order valence-corrected chi connectivity index (χ1v) is 6.63. The minimum atomic E-state index is -0.411. The SMILES string of the molecule is COC(=O)C1CCCCN1C(=O)Cc1c[nH]c(C)c1. The van der Waals surface area contributed by atoms with Crippen molar-refractivity contribution in [3.63, 3.8) is 0 Å². The average molecular weight is 264 g/mol. The quantitative estimate of drug-likeness (QED) is 0.840. The molecule has 0 spiro atoms. The normalized spacial score (nSPS) is 19.3. The summed E-state index contributed by atoms with van der Waals surface area (Å²) in [7, 11) is 1.37. The Morgan fingerprint density at radius 2 is 2.26 bits per heavy atom. The van der Waals surface area contributed by atoms with E-state index in [4.69, 9.17) is 4.74 Å². The van der Waals surface area contributed by atoms with Crippen LogP contribution in [0.4, 0.5) is 0 Å². The van der Waals surface area contributed by atoms with Crippen LogP contribution in [0.2, 0.25) is 0 Å². The molecule has 5 heteroatoms. The number of amides is 1. The number of rotatable bonds is 3. The monoisotopic (exact) mass is 264 g/mol. The molecular formula is C14H20N2O3. The van der Waals surface area contributed by atoms with Gasteiger partial charge in [-0.3, -0.25) is 4.79 Å². The Morgan fingerprint density at radius 3 is 2.89 bits per heavy atom. The number of aromatic amines is 1. The number of methoxy groups -OCH3 is 1. The number of esters is 1. The highest BCUT2D eigenvalue weighted by atomic mass is 16.5. The van der Waals surface area contributed by atoms with E-state index in [1.807, 2.05) is 19.2 Å². The van der Waals surface area contributed by atoms with E-state index in [9.17, 15) is 9.59 Å².